The molecule has 1 aromatic carbocycles. The first-order valence-corrected chi connectivity index (χ1v) is 5.35. The lowest BCUT2D eigenvalue weighted by Gasteiger charge is -2.11. The first-order chi connectivity index (χ1) is 9.11. The van der Waals surface area contributed by atoms with E-state index in [0.717, 1.165) is 0 Å². The minimum atomic E-state index is -0.557. The first kappa shape index (κ1) is 12.6. The molecule has 0 aliphatic carbocycles. The molecule has 1 aromatic heterocycles. The number of hydrogen-bond acceptors (Lipinski definition) is 7. The topological polar surface area (TPSA) is 127 Å². The van der Waals surface area contributed by atoms with Gasteiger partial charge in [-0.3, -0.25) is 14.9 Å². The minimum Gasteiger partial charge on any atom is -0.370 e. The second-order valence-corrected chi connectivity index (χ2v) is 3.79. The van der Waals surface area contributed by atoms with Gasteiger partial charge in [-0.15, -0.1) is 10.2 Å². The maximum absolute atomic E-state index is 11.0. The third-order valence-electron chi connectivity index (χ3n) is 2.48. The molecule has 2 N–H and O–H groups in total. The SMILES string of the molecule is CC(Nc1ccc(C=O)cc1[N+](=O)[O-])c1nn[nH]n1. The number of rotatable bonds is 5. The molecule has 0 saturated heterocycles. The summed E-state index contributed by atoms with van der Waals surface area (Å²) in [6.45, 7) is 1.74. The Balaban J connectivity index is 2.29. The number of carbonyl (C=O) groups excluding carboxylic acids is 1. The van der Waals surface area contributed by atoms with Crippen molar-refractivity contribution in [1.29, 1.82) is 0 Å². The lowest BCUT2D eigenvalue weighted by Crippen LogP contribution is -2.10. The van der Waals surface area contributed by atoms with Crippen LogP contribution in [0.5, 0.6) is 0 Å². The monoisotopic (exact) mass is 262 g/mol. The number of hydrogen-bond donors (Lipinski definition) is 2. The van der Waals surface area contributed by atoms with E-state index in [4.69, 9.17) is 0 Å². The molecule has 1 heterocycles. The van der Waals surface area contributed by atoms with Gasteiger partial charge in [0.1, 0.15) is 12.0 Å². The summed E-state index contributed by atoms with van der Waals surface area (Å²) >= 11 is 0. The Bertz CT molecular complexity index is 597. The molecule has 1 atom stereocenters. The summed E-state index contributed by atoms with van der Waals surface area (Å²) in [5, 5.41) is 27.1. The highest BCUT2D eigenvalue weighted by Crippen LogP contribution is 2.27. The summed E-state index contributed by atoms with van der Waals surface area (Å²) in [6.07, 6.45) is 0.555. The average Bonchev–Trinajstić information content (AvgIpc) is 2.92. The fraction of sp³-hybridized carbons (Fsp3) is 0.200. The Morgan fingerprint density at radius 3 is 2.89 bits per heavy atom. The van der Waals surface area contributed by atoms with Crippen LogP contribution in [-0.4, -0.2) is 31.8 Å². The van der Waals surface area contributed by atoms with Gasteiger partial charge in [0.15, 0.2) is 5.82 Å². The van der Waals surface area contributed by atoms with Crippen LogP contribution in [0.3, 0.4) is 0 Å². The summed E-state index contributed by atoms with van der Waals surface area (Å²) in [6, 6.07) is 3.81. The van der Waals surface area contributed by atoms with Crippen molar-refractivity contribution in [3.05, 3.63) is 39.7 Å². The molecule has 0 radical (unpaired) electrons. The van der Waals surface area contributed by atoms with Crippen LogP contribution >= 0.6 is 0 Å². The molecule has 9 nitrogen and oxygen atoms in total. The van der Waals surface area contributed by atoms with Crippen molar-refractivity contribution in [1.82, 2.24) is 20.6 Å². The zero-order valence-corrected chi connectivity index (χ0v) is 9.90. The number of aromatic amines is 1. The number of nitrogens with one attached hydrogen (secondary N) is 2. The van der Waals surface area contributed by atoms with Crippen molar-refractivity contribution >= 4 is 17.7 Å². The van der Waals surface area contributed by atoms with E-state index in [1.807, 2.05) is 0 Å². The van der Waals surface area contributed by atoms with E-state index in [1.54, 1.807) is 6.92 Å². The quantitative estimate of drug-likeness (QED) is 0.469. The summed E-state index contributed by atoms with van der Waals surface area (Å²) in [5.74, 6) is 0.383. The summed E-state index contributed by atoms with van der Waals surface area (Å²) < 4.78 is 0. The van der Waals surface area contributed by atoms with Crippen molar-refractivity contribution in [2.75, 3.05) is 5.32 Å². The third-order valence-corrected chi connectivity index (χ3v) is 2.48. The van der Waals surface area contributed by atoms with Gasteiger partial charge in [0.25, 0.3) is 5.69 Å². The number of H-pyrrole nitrogens is 1. The molecule has 9 heteroatoms. The van der Waals surface area contributed by atoms with Gasteiger partial charge in [-0.1, -0.05) is 5.21 Å². The fourth-order valence-electron chi connectivity index (χ4n) is 1.55. The van der Waals surface area contributed by atoms with E-state index >= 15 is 0 Å². The first-order valence-electron chi connectivity index (χ1n) is 5.35. The molecule has 2 rings (SSSR count). The van der Waals surface area contributed by atoms with Crippen LogP contribution in [0.25, 0.3) is 0 Å². The summed E-state index contributed by atoms with van der Waals surface area (Å²) in [4.78, 5) is 21.0. The van der Waals surface area contributed by atoms with E-state index in [1.165, 1.54) is 18.2 Å². The van der Waals surface area contributed by atoms with Crippen LogP contribution < -0.4 is 5.32 Å². The maximum Gasteiger partial charge on any atom is 0.293 e. The number of benzene rings is 1. The summed E-state index contributed by atoms with van der Waals surface area (Å²) in [7, 11) is 0. The highest BCUT2D eigenvalue weighted by molar-refractivity contribution is 5.79. The molecule has 19 heavy (non-hydrogen) atoms. The Hall–Kier alpha value is -2.84. The molecular weight excluding hydrogens is 252 g/mol. The molecule has 0 aliphatic rings. The van der Waals surface area contributed by atoms with Crippen molar-refractivity contribution in [2.24, 2.45) is 0 Å². The molecule has 0 fully saturated rings. The molecule has 0 amide bonds. The van der Waals surface area contributed by atoms with Crippen LogP contribution in [0.1, 0.15) is 29.1 Å². The molecule has 2 aromatic rings. The van der Waals surface area contributed by atoms with Crippen molar-refractivity contribution in [2.45, 2.75) is 13.0 Å². The molecular formula is C10H10N6O3. The predicted molar refractivity (Wildman–Crippen MR) is 64.7 cm³/mol. The largest absolute Gasteiger partial charge is 0.370 e. The van der Waals surface area contributed by atoms with Crippen molar-refractivity contribution in [3.8, 4) is 0 Å². The standard InChI is InChI=1S/C10H10N6O3/c1-6(10-12-14-15-13-10)11-8-3-2-7(5-17)4-9(8)16(18)19/h2-6,11H,1H3,(H,12,13,14,15). The van der Waals surface area contributed by atoms with Gasteiger partial charge >= 0.3 is 0 Å². The van der Waals surface area contributed by atoms with Crippen LogP contribution in [0, 0.1) is 10.1 Å². The average molecular weight is 262 g/mol. The Labute approximate surface area is 107 Å². The van der Waals surface area contributed by atoms with Crippen LogP contribution in [0.4, 0.5) is 11.4 Å². The van der Waals surface area contributed by atoms with Crippen LogP contribution in [0.15, 0.2) is 18.2 Å². The molecule has 0 aliphatic heterocycles. The number of carbonyl (C=O) groups is 1. The normalized spacial score (nSPS) is 11.8. The number of aromatic nitrogens is 4. The van der Waals surface area contributed by atoms with E-state index < -0.39 is 4.92 Å². The number of nitro benzene ring substituents is 1. The Kier molecular flexibility index (Phi) is 3.46. The molecule has 0 spiro atoms. The van der Waals surface area contributed by atoms with E-state index in [9.17, 15) is 14.9 Å². The van der Waals surface area contributed by atoms with E-state index in [2.05, 4.69) is 25.9 Å². The van der Waals surface area contributed by atoms with Gasteiger partial charge in [-0.25, -0.2) is 0 Å². The summed E-state index contributed by atoms with van der Waals surface area (Å²) in [5.41, 5.74) is 0.345. The second-order valence-electron chi connectivity index (χ2n) is 3.79. The highest BCUT2D eigenvalue weighted by atomic mass is 16.6. The zero-order chi connectivity index (χ0) is 13.8. The fourth-order valence-corrected chi connectivity index (χ4v) is 1.55. The zero-order valence-electron chi connectivity index (χ0n) is 9.90. The molecule has 0 saturated carbocycles. The van der Waals surface area contributed by atoms with Crippen molar-refractivity contribution < 1.29 is 9.72 Å². The molecule has 1 unspecified atom stereocenters. The minimum absolute atomic E-state index is 0.181. The third kappa shape index (κ3) is 2.70. The number of aldehydes is 1. The van der Waals surface area contributed by atoms with Crippen LogP contribution in [0.2, 0.25) is 0 Å². The van der Waals surface area contributed by atoms with Gasteiger partial charge in [-0.05, 0) is 19.1 Å². The maximum atomic E-state index is 11.0. The van der Waals surface area contributed by atoms with Gasteiger partial charge in [-0.2, -0.15) is 5.21 Å². The smallest absolute Gasteiger partial charge is 0.293 e. The van der Waals surface area contributed by atoms with Gasteiger partial charge in [0.2, 0.25) is 0 Å². The Morgan fingerprint density at radius 2 is 2.32 bits per heavy atom. The Morgan fingerprint density at radius 1 is 1.53 bits per heavy atom. The van der Waals surface area contributed by atoms with E-state index in [-0.39, 0.29) is 23.0 Å². The number of nitro groups is 1. The van der Waals surface area contributed by atoms with Gasteiger partial charge in [0.05, 0.1) is 11.0 Å². The molecule has 0 bridgehead atoms. The number of anilines is 1. The number of tetrazole rings is 1. The highest BCUT2D eigenvalue weighted by Gasteiger charge is 2.18. The number of nitrogens with zero attached hydrogens (tertiary/aromatic N) is 4. The predicted octanol–water partition coefficient (Wildman–Crippen LogP) is 1.09. The molecule has 98 valence electrons. The van der Waals surface area contributed by atoms with Crippen LogP contribution in [-0.2, 0) is 0 Å². The lowest BCUT2D eigenvalue weighted by molar-refractivity contribution is -0.384. The van der Waals surface area contributed by atoms with Gasteiger partial charge in [0, 0.05) is 11.6 Å². The van der Waals surface area contributed by atoms with Gasteiger partial charge < -0.3 is 5.32 Å². The van der Waals surface area contributed by atoms with E-state index in [0.29, 0.717) is 12.1 Å². The van der Waals surface area contributed by atoms with Crippen molar-refractivity contribution in [3.63, 3.8) is 0 Å². The second kappa shape index (κ2) is 5.21. The lowest BCUT2D eigenvalue weighted by atomic mass is 10.1.